The van der Waals surface area contributed by atoms with E-state index in [1.54, 1.807) is 6.33 Å². The molecule has 3 aromatic rings. The van der Waals surface area contributed by atoms with E-state index in [1.807, 2.05) is 6.20 Å². The molecule has 0 saturated carbocycles. The summed E-state index contributed by atoms with van der Waals surface area (Å²) in [5.74, 6) is 0. The SMILES string of the molecule is c1ccc2c3c([nH]c2c1)C1(CCN(Cc2cnc[nH]2)CC1)OCC3. The van der Waals surface area contributed by atoms with Gasteiger partial charge < -0.3 is 14.7 Å². The minimum atomic E-state index is -0.128. The average molecular weight is 322 g/mol. The van der Waals surface area contributed by atoms with Crippen LogP contribution in [0, 0.1) is 0 Å². The maximum absolute atomic E-state index is 6.37. The molecule has 5 rings (SSSR count). The molecule has 2 N–H and O–H groups in total. The topological polar surface area (TPSA) is 56.9 Å². The van der Waals surface area contributed by atoms with Crippen LogP contribution in [0.15, 0.2) is 36.8 Å². The summed E-state index contributed by atoms with van der Waals surface area (Å²) in [4.78, 5) is 13.5. The molecule has 0 unspecified atom stereocenters. The zero-order valence-corrected chi connectivity index (χ0v) is 13.7. The van der Waals surface area contributed by atoms with Gasteiger partial charge in [-0.3, -0.25) is 4.90 Å². The minimum Gasteiger partial charge on any atom is -0.368 e. The molecule has 0 bridgehead atoms. The molecule has 0 radical (unpaired) electrons. The van der Waals surface area contributed by atoms with Crippen molar-refractivity contribution in [1.29, 1.82) is 0 Å². The molecule has 1 fully saturated rings. The third kappa shape index (κ3) is 2.19. The van der Waals surface area contributed by atoms with E-state index in [-0.39, 0.29) is 5.60 Å². The number of imidazole rings is 1. The molecule has 1 saturated heterocycles. The van der Waals surface area contributed by atoms with E-state index in [2.05, 4.69) is 44.1 Å². The highest BCUT2D eigenvalue weighted by Gasteiger charge is 2.42. The van der Waals surface area contributed by atoms with Crippen LogP contribution in [-0.2, 0) is 23.3 Å². The Balaban J connectivity index is 1.42. The third-order valence-electron chi connectivity index (χ3n) is 5.61. The molecule has 0 aliphatic carbocycles. The summed E-state index contributed by atoms with van der Waals surface area (Å²) < 4.78 is 6.37. The predicted molar refractivity (Wildman–Crippen MR) is 92.7 cm³/mol. The minimum absolute atomic E-state index is 0.128. The van der Waals surface area contributed by atoms with Crippen molar-refractivity contribution in [2.75, 3.05) is 19.7 Å². The van der Waals surface area contributed by atoms with Crippen molar-refractivity contribution in [1.82, 2.24) is 19.9 Å². The molecule has 1 aromatic carbocycles. The maximum atomic E-state index is 6.37. The first-order chi connectivity index (χ1) is 11.8. The molecule has 5 heteroatoms. The van der Waals surface area contributed by atoms with Crippen LogP contribution in [0.4, 0.5) is 0 Å². The van der Waals surface area contributed by atoms with E-state index in [9.17, 15) is 0 Å². The number of benzene rings is 1. The molecule has 5 nitrogen and oxygen atoms in total. The first kappa shape index (κ1) is 14.3. The van der Waals surface area contributed by atoms with Gasteiger partial charge in [0.15, 0.2) is 0 Å². The zero-order chi connectivity index (χ0) is 16.0. The second kappa shape index (κ2) is 5.46. The number of piperidine rings is 1. The number of fused-ring (bicyclic) bond motifs is 4. The predicted octanol–water partition coefficient (Wildman–Crippen LogP) is 2.96. The molecule has 124 valence electrons. The lowest BCUT2D eigenvalue weighted by atomic mass is 9.83. The summed E-state index contributed by atoms with van der Waals surface area (Å²) in [5, 5.41) is 1.37. The molecular formula is C19H22N4O. The van der Waals surface area contributed by atoms with Crippen molar-refractivity contribution in [3.8, 4) is 0 Å². The van der Waals surface area contributed by atoms with Crippen molar-refractivity contribution in [3.05, 3.63) is 53.7 Å². The number of hydrogen-bond acceptors (Lipinski definition) is 3. The van der Waals surface area contributed by atoms with Gasteiger partial charge in [-0.25, -0.2) is 4.98 Å². The normalized spacial score (nSPS) is 20.5. The smallest absolute Gasteiger partial charge is 0.110 e. The van der Waals surface area contributed by atoms with Gasteiger partial charge in [-0.05, 0) is 30.9 Å². The van der Waals surface area contributed by atoms with E-state index in [4.69, 9.17) is 4.74 Å². The van der Waals surface area contributed by atoms with Gasteiger partial charge in [0.2, 0.25) is 0 Å². The summed E-state index contributed by atoms with van der Waals surface area (Å²) in [7, 11) is 0. The molecule has 0 amide bonds. The number of nitrogens with one attached hydrogen (secondary N) is 2. The summed E-state index contributed by atoms with van der Waals surface area (Å²) in [6, 6.07) is 8.64. The number of nitrogens with zero attached hydrogens (tertiary/aromatic N) is 2. The lowest BCUT2D eigenvalue weighted by Gasteiger charge is -2.43. The van der Waals surface area contributed by atoms with Crippen LogP contribution in [0.3, 0.4) is 0 Å². The van der Waals surface area contributed by atoms with Crippen LogP contribution in [0.2, 0.25) is 0 Å². The first-order valence-corrected chi connectivity index (χ1v) is 8.78. The quantitative estimate of drug-likeness (QED) is 0.763. The van der Waals surface area contributed by atoms with Crippen molar-refractivity contribution in [2.24, 2.45) is 0 Å². The number of ether oxygens (including phenoxy) is 1. The van der Waals surface area contributed by atoms with E-state index < -0.39 is 0 Å². The van der Waals surface area contributed by atoms with Crippen LogP contribution in [0.5, 0.6) is 0 Å². The van der Waals surface area contributed by atoms with Gasteiger partial charge in [0.05, 0.1) is 18.6 Å². The average Bonchev–Trinajstić information content (AvgIpc) is 3.26. The molecular weight excluding hydrogens is 300 g/mol. The first-order valence-electron chi connectivity index (χ1n) is 8.78. The summed E-state index contributed by atoms with van der Waals surface area (Å²) >= 11 is 0. The van der Waals surface area contributed by atoms with Gasteiger partial charge in [0, 0.05) is 42.4 Å². The van der Waals surface area contributed by atoms with Crippen LogP contribution in [-0.4, -0.2) is 39.5 Å². The second-order valence-electron chi connectivity index (χ2n) is 6.97. The summed E-state index contributed by atoms with van der Waals surface area (Å²) in [6.07, 6.45) is 6.76. The Morgan fingerprint density at radius 3 is 2.92 bits per heavy atom. The van der Waals surface area contributed by atoms with E-state index in [1.165, 1.54) is 27.9 Å². The highest BCUT2D eigenvalue weighted by atomic mass is 16.5. The number of para-hydroxylation sites is 1. The number of aromatic amines is 2. The number of rotatable bonds is 2. The van der Waals surface area contributed by atoms with Gasteiger partial charge in [-0.15, -0.1) is 0 Å². The van der Waals surface area contributed by atoms with Crippen LogP contribution < -0.4 is 0 Å². The van der Waals surface area contributed by atoms with Crippen LogP contribution in [0.25, 0.3) is 10.9 Å². The fraction of sp³-hybridized carbons (Fsp3) is 0.421. The molecule has 4 heterocycles. The fourth-order valence-electron chi connectivity index (χ4n) is 4.35. The highest BCUT2D eigenvalue weighted by molar-refractivity contribution is 5.85. The molecule has 24 heavy (non-hydrogen) atoms. The molecule has 2 aliphatic heterocycles. The Morgan fingerprint density at radius 2 is 2.08 bits per heavy atom. The van der Waals surface area contributed by atoms with E-state index >= 15 is 0 Å². The number of aromatic nitrogens is 3. The van der Waals surface area contributed by atoms with Gasteiger partial charge in [-0.2, -0.15) is 0 Å². The largest absolute Gasteiger partial charge is 0.368 e. The third-order valence-corrected chi connectivity index (χ3v) is 5.61. The monoisotopic (exact) mass is 322 g/mol. The second-order valence-corrected chi connectivity index (χ2v) is 6.97. The molecule has 0 atom stereocenters. The Labute approximate surface area is 141 Å². The van der Waals surface area contributed by atoms with Crippen molar-refractivity contribution in [2.45, 2.75) is 31.4 Å². The summed E-state index contributed by atoms with van der Waals surface area (Å²) in [5.41, 5.74) is 5.10. The van der Waals surface area contributed by atoms with Gasteiger partial charge in [0.1, 0.15) is 5.60 Å². The van der Waals surface area contributed by atoms with Crippen molar-refractivity contribution < 1.29 is 4.74 Å². The van der Waals surface area contributed by atoms with E-state index in [0.29, 0.717) is 0 Å². The zero-order valence-electron chi connectivity index (χ0n) is 13.7. The van der Waals surface area contributed by atoms with Crippen LogP contribution >= 0.6 is 0 Å². The van der Waals surface area contributed by atoms with Crippen LogP contribution in [0.1, 0.15) is 29.8 Å². The Kier molecular flexibility index (Phi) is 3.24. The number of H-pyrrole nitrogens is 2. The number of hydrogen-bond donors (Lipinski definition) is 2. The van der Waals surface area contributed by atoms with Crippen molar-refractivity contribution >= 4 is 10.9 Å². The maximum Gasteiger partial charge on any atom is 0.110 e. The standard InChI is InChI=1S/C19H22N4O/c1-2-4-17-15(3-1)16-5-10-24-19(18(16)22-17)6-8-23(9-7-19)12-14-11-20-13-21-14/h1-4,11,13,22H,5-10,12H2,(H,20,21). The number of likely N-dealkylation sites (tertiary alicyclic amines) is 1. The Hall–Kier alpha value is -2.11. The Morgan fingerprint density at radius 1 is 1.21 bits per heavy atom. The molecule has 1 spiro atoms. The summed E-state index contributed by atoms with van der Waals surface area (Å²) in [6.45, 7) is 3.87. The lowest BCUT2D eigenvalue weighted by Crippen LogP contribution is -2.46. The Bertz CT molecular complexity index is 844. The van der Waals surface area contributed by atoms with Gasteiger partial charge in [-0.1, -0.05) is 18.2 Å². The van der Waals surface area contributed by atoms with Gasteiger partial charge >= 0.3 is 0 Å². The molecule has 2 aliphatic rings. The molecule has 2 aromatic heterocycles. The van der Waals surface area contributed by atoms with Gasteiger partial charge in [0.25, 0.3) is 0 Å². The van der Waals surface area contributed by atoms with Crippen molar-refractivity contribution in [3.63, 3.8) is 0 Å². The fourth-order valence-corrected chi connectivity index (χ4v) is 4.35. The van der Waals surface area contributed by atoms with E-state index in [0.717, 1.165) is 45.5 Å². The lowest BCUT2D eigenvalue weighted by molar-refractivity contribution is -0.101. The highest BCUT2D eigenvalue weighted by Crippen LogP contribution is 2.43.